The summed E-state index contributed by atoms with van der Waals surface area (Å²) in [5.41, 5.74) is -1.05. The molecule has 2 aliphatic heterocycles. The molecule has 1 atom stereocenters. The lowest BCUT2D eigenvalue weighted by Crippen LogP contribution is -2.38. The van der Waals surface area contributed by atoms with Gasteiger partial charge in [-0.3, -0.25) is 0 Å². The van der Waals surface area contributed by atoms with Crippen LogP contribution in [-0.2, 0) is 4.79 Å². The van der Waals surface area contributed by atoms with E-state index >= 15 is 0 Å². The molecule has 0 amide bonds. The van der Waals surface area contributed by atoms with E-state index < -0.39 is 11.5 Å². The second-order valence-electron chi connectivity index (χ2n) is 3.23. The molecule has 68 valence electrons. The molecular weight excluding hydrogens is 170 g/mol. The van der Waals surface area contributed by atoms with E-state index in [4.69, 9.17) is 5.11 Å². The predicted octanol–water partition coefficient (Wildman–Crippen LogP) is 0.0994. The van der Waals surface area contributed by atoms with Crippen LogP contribution >= 0.6 is 0 Å². The summed E-state index contributed by atoms with van der Waals surface area (Å²) in [5.74, 6) is -0.301. The standard InChI is InChI=1S/C8H9N3O2/c1-8(7(12)13)5-11-6(10-8)3-2-4-9-11/h2-4H,5H2,1H3,(H,12,13). The van der Waals surface area contributed by atoms with Crippen molar-refractivity contribution in [2.45, 2.75) is 12.5 Å². The molecule has 1 unspecified atom stereocenters. The molecule has 0 aromatic rings. The first-order valence-electron chi connectivity index (χ1n) is 3.93. The summed E-state index contributed by atoms with van der Waals surface area (Å²) in [6.45, 7) is 1.89. The number of hydrogen-bond donors (Lipinski definition) is 1. The molecule has 5 nitrogen and oxygen atoms in total. The molecule has 0 saturated carbocycles. The van der Waals surface area contributed by atoms with Gasteiger partial charge in [-0.2, -0.15) is 5.10 Å². The van der Waals surface area contributed by atoms with Gasteiger partial charge in [0.1, 0.15) is 5.84 Å². The molecule has 5 heteroatoms. The zero-order valence-corrected chi connectivity index (χ0v) is 7.14. The maximum atomic E-state index is 10.9. The lowest BCUT2D eigenvalue weighted by Gasteiger charge is -2.17. The van der Waals surface area contributed by atoms with Gasteiger partial charge in [-0.15, -0.1) is 0 Å². The van der Waals surface area contributed by atoms with Crippen molar-refractivity contribution in [1.29, 1.82) is 0 Å². The number of aliphatic carboxylic acids is 1. The predicted molar refractivity (Wildman–Crippen MR) is 47.8 cm³/mol. The van der Waals surface area contributed by atoms with Gasteiger partial charge in [0, 0.05) is 6.21 Å². The Bertz CT molecular complexity index is 345. The summed E-state index contributed by atoms with van der Waals surface area (Å²) in [4.78, 5) is 14.9. The van der Waals surface area contributed by atoms with E-state index in [0.717, 1.165) is 0 Å². The number of carboxylic acids is 1. The van der Waals surface area contributed by atoms with E-state index in [9.17, 15) is 4.79 Å². The molecule has 13 heavy (non-hydrogen) atoms. The molecule has 0 aromatic carbocycles. The minimum Gasteiger partial charge on any atom is -0.479 e. The first-order valence-corrected chi connectivity index (χ1v) is 3.93. The highest BCUT2D eigenvalue weighted by Gasteiger charge is 2.41. The van der Waals surface area contributed by atoms with Gasteiger partial charge in [0.05, 0.1) is 6.54 Å². The lowest BCUT2D eigenvalue weighted by atomic mass is 10.1. The molecule has 1 N–H and O–H groups in total. The van der Waals surface area contributed by atoms with Gasteiger partial charge in [0.15, 0.2) is 5.54 Å². The van der Waals surface area contributed by atoms with Gasteiger partial charge in [-0.1, -0.05) is 0 Å². The van der Waals surface area contributed by atoms with Crippen molar-refractivity contribution < 1.29 is 9.90 Å². The minimum atomic E-state index is -1.05. The van der Waals surface area contributed by atoms with Gasteiger partial charge in [0.25, 0.3) is 0 Å². The van der Waals surface area contributed by atoms with Gasteiger partial charge < -0.3 is 5.11 Å². The molecule has 0 bridgehead atoms. The highest BCUT2D eigenvalue weighted by atomic mass is 16.4. The molecule has 2 heterocycles. The van der Waals surface area contributed by atoms with Gasteiger partial charge in [-0.05, 0) is 19.1 Å². The van der Waals surface area contributed by atoms with Crippen LogP contribution in [0.4, 0.5) is 0 Å². The number of amidine groups is 1. The number of carbonyl (C=O) groups is 1. The molecule has 0 aromatic heterocycles. The van der Waals surface area contributed by atoms with Crippen LogP contribution in [-0.4, -0.2) is 40.2 Å². The number of aliphatic imine (C=N–C) groups is 1. The van der Waals surface area contributed by atoms with Crippen LogP contribution in [0.3, 0.4) is 0 Å². The number of nitrogens with zero attached hydrogens (tertiary/aromatic N) is 3. The molecule has 0 saturated heterocycles. The molecule has 0 spiro atoms. The number of allylic oxidation sites excluding steroid dienone is 1. The van der Waals surface area contributed by atoms with E-state index in [2.05, 4.69) is 10.1 Å². The van der Waals surface area contributed by atoms with Crippen molar-refractivity contribution >= 4 is 18.0 Å². The third kappa shape index (κ3) is 1.12. The maximum Gasteiger partial charge on any atom is 0.333 e. The average molecular weight is 179 g/mol. The Kier molecular flexibility index (Phi) is 1.48. The van der Waals surface area contributed by atoms with Crippen molar-refractivity contribution in [3.63, 3.8) is 0 Å². The third-order valence-electron chi connectivity index (χ3n) is 2.08. The first-order chi connectivity index (χ1) is 6.12. The number of hydrazone groups is 1. The topological polar surface area (TPSA) is 65.3 Å². The highest BCUT2D eigenvalue weighted by molar-refractivity contribution is 6.02. The summed E-state index contributed by atoms with van der Waals surface area (Å²) in [6.07, 6.45) is 5.11. The van der Waals surface area contributed by atoms with Crippen molar-refractivity contribution in [3.05, 3.63) is 12.2 Å². The number of rotatable bonds is 1. The van der Waals surface area contributed by atoms with Crippen molar-refractivity contribution in [2.75, 3.05) is 6.54 Å². The van der Waals surface area contributed by atoms with Crippen molar-refractivity contribution in [1.82, 2.24) is 5.01 Å². The van der Waals surface area contributed by atoms with E-state index in [1.54, 1.807) is 30.3 Å². The van der Waals surface area contributed by atoms with Gasteiger partial charge in [0.2, 0.25) is 0 Å². The van der Waals surface area contributed by atoms with Gasteiger partial charge >= 0.3 is 5.97 Å². The van der Waals surface area contributed by atoms with E-state index in [1.165, 1.54) is 0 Å². The summed E-state index contributed by atoms with van der Waals surface area (Å²) in [7, 11) is 0. The van der Waals surface area contributed by atoms with Crippen LogP contribution in [0.1, 0.15) is 6.92 Å². The Hall–Kier alpha value is -1.65. The summed E-state index contributed by atoms with van der Waals surface area (Å²) in [6, 6.07) is 0. The zero-order chi connectivity index (χ0) is 9.47. The van der Waals surface area contributed by atoms with Crippen LogP contribution in [0.5, 0.6) is 0 Å². The van der Waals surface area contributed by atoms with Crippen LogP contribution in [0.15, 0.2) is 22.2 Å². The molecule has 2 aliphatic rings. The SMILES string of the molecule is CC1(C(=O)O)CN2N=CC=CC2=N1. The lowest BCUT2D eigenvalue weighted by molar-refractivity contribution is -0.142. The van der Waals surface area contributed by atoms with Crippen molar-refractivity contribution in [2.24, 2.45) is 10.1 Å². The minimum absolute atomic E-state index is 0.304. The fraction of sp³-hybridized carbons (Fsp3) is 0.375. The molecular formula is C8H9N3O2. The summed E-state index contributed by atoms with van der Waals surface area (Å²) in [5, 5.41) is 14.5. The quantitative estimate of drug-likeness (QED) is 0.620. The smallest absolute Gasteiger partial charge is 0.333 e. The average Bonchev–Trinajstić information content (AvgIpc) is 2.42. The monoisotopic (exact) mass is 179 g/mol. The third-order valence-corrected chi connectivity index (χ3v) is 2.08. The zero-order valence-electron chi connectivity index (χ0n) is 7.14. The highest BCUT2D eigenvalue weighted by Crippen LogP contribution is 2.22. The normalized spacial score (nSPS) is 30.2. The second-order valence-corrected chi connectivity index (χ2v) is 3.23. The summed E-state index contributed by atoms with van der Waals surface area (Å²) >= 11 is 0. The fourth-order valence-electron chi connectivity index (χ4n) is 1.31. The largest absolute Gasteiger partial charge is 0.479 e. The van der Waals surface area contributed by atoms with Crippen molar-refractivity contribution in [3.8, 4) is 0 Å². The molecule has 0 radical (unpaired) electrons. The number of carboxylic acid groups (broad SMARTS) is 1. The van der Waals surface area contributed by atoms with E-state index in [-0.39, 0.29) is 0 Å². The van der Waals surface area contributed by atoms with Crippen LogP contribution in [0.2, 0.25) is 0 Å². The molecule has 2 rings (SSSR count). The van der Waals surface area contributed by atoms with Gasteiger partial charge in [-0.25, -0.2) is 14.8 Å². The fourth-order valence-corrected chi connectivity index (χ4v) is 1.31. The number of hydrogen-bond acceptors (Lipinski definition) is 4. The maximum absolute atomic E-state index is 10.9. The van der Waals surface area contributed by atoms with E-state index in [1.807, 2.05) is 0 Å². The summed E-state index contributed by atoms with van der Waals surface area (Å²) < 4.78 is 0. The molecule has 0 aliphatic carbocycles. The molecule has 0 fully saturated rings. The Morgan fingerprint density at radius 3 is 3.15 bits per heavy atom. The Morgan fingerprint density at radius 1 is 1.77 bits per heavy atom. The second kappa shape index (κ2) is 2.42. The number of fused-ring (bicyclic) bond motifs is 1. The first kappa shape index (κ1) is 7.97. The van der Waals surface area contributed by atoms with Crippen LogP contribution < -0.4 is 0 Å². The Labute approximate surface area is 75.1 Å². The Balaban J connectivity index is 2.34. The van der Waals surface area contributed by atoms with Crippen LogP contribution in [0.25, 0.3) is 0 Å². The Morgan fingerprint density at radius 2 is 2.54 bits per heavy atom. The van der Waals surface area contributed by atoms with E-state index in [0.29, 0.717) is 12.4 Å². The van der Waals surface area contributed by atoms with Crippen LogP contribution in [0, 0.1) is 0 Å².